The van der Waals surface area contributed by atoms with Crippen LogP contribution in [0, 0.1) is 0 Å². The highest BCUT2D eigenvalue weighted by Gasteiger charge is 2.21. The fraction of sp³-hybridized carbons (Fsp3) is 0.0208. The first-order chi connectivity index (χ1) is 25.2. The third-order valence-corrected chi connectivity index (χ3v) is 9.83. The van der Waals surface area contributed by atoms with E-state index in [1.54, 1.807) is 0 Å². The Morgan fingerprint density at radius 1 is 0.549 bits per heavy atom. The molecule has 9 rings (SSSR count). The molecule has 0 N–H and O–H groups in total. The molecule has 51 heavy (non-hydrogen) atoms. The molecule has 242 valence electrons. The highest BCUT2D eigenvalue weighted by Crippen LogP contribution is 2.42. The van der Waals surface area contributed by atoms with Gasteiger partial charge in [-0.3, -0.25) is 0 Å². The number of para-hydroxylation sites is 2. The SMILES string of the molecule is C=C/C=C\C(=C/C)n1c2ccccc2c2c1ccc1c3ccccc3n(-c3cccc(-c4cc(-c5ccccc5)nc(-c5ccccc5)c4)c3)c12. The Balaban J connectivity index is 1.33. The molecule has 3 aromatic heterocycles. The van der Waals surface area contributed by atoms with E-state index in [0.717, 1.165) is 45.0 Å². The first kappa shape index (κ1) is 30.4. The van der Waals surface area contributed by atoms with Crippen molar-refractivity contribution in [2.45, 2.75) is 6.92 Å². The first-order valence-electron chi connectivity index (χ1n) is 17.4. The molecule has 0 spiro atoms. The van der Waals surface area contributed by atoms with Crippen molar-refractivity contribution in [3.63, 3.8) is 0 Å². The number of aromatic nitrogens is 3. The van der Waals surface area contributed by atoms with E-state index in [0.29, 0.717) is 0 Å². The van der Waals surface area contributed by atoms with Gasteiger partial charge in [-0.1, -0.05) is 140 Å². The summed E-state index contributed by atoms with van der Waals surface area (Å²) >= 11 is 0. The van der Waals surface area contributed by atoms with Crippen molar-refractivity contribution in [3.8, 4) is 39.3 Å². The highest BCUT2D eigenvalue weighted by atomic mass is 15.0. The van der Waals surface area contributed by atoms with Crippen LogP contribution in [0.4, 0.5) is 0 Å². The van der Waals surface area contributed by atoms with Crippen molar-refractivity contribution in [1.29, 1.82) is 0 Å². The molecule has 0 bridgehead atoms. The van der Waals surface area contributed by atoms with Gasteiger partial charge < -0.3 is 9.13 Å². The quantitative estimate of drug-likeness (QED) is 0.157. The zero-order valence-corrected chi connectivity index (χ0v) is 28.4. The molecular weight excluding hydrogens is 619 g/mol. The lowest BCUT2D eigenvalue weighted by Gasteiger charge is -2.13. The predicted molar refractivity (Wildman–Crippen MR) is 217 cm³/mol. The van der Waals surface area contributed by atoms with Crippen molar-refractivity contribution in [2.24, 2.45) is 0 Å². The summed E-state index contributed by atoms with van der Waals surface area (Å²) in [7, 11) is 0. The van der Waals surface area contributed by atoms with Crippen molar-refractivity contribution in [3.05, 3.63) is 189 Å². The van der Waals surface area contributed by atoms with E-state index in [1.165, 1.54) is 43.6 Å². The summed E-state index contributed by atoms with van der Waals surface area (Å²) < 4.78 is 4.83. The molecule has 3 nitrogen and oxygen atoms in total. The Kier molecular flexibility index (Phi) is 7.52. The predicted octanol–water partition coefficient (Wildman–Crippen LogP) is 12.9. The Labute approximate surface area is 297 Å². The van der Waals surface area contributed by atoms with Crippen molar-refractivity contribution in [1.82, 2.24) is 14.1 Å². The molecule has 0 unspecified atom stereocenters. The Hall–Kier alpha value is -6.71. The third-order valence-electron chi connectivity index (χ3n) is 9.83. The van der Waals surface area contributed by atoms with E-state index in [4.69, 9.17) is 4.98 Å². The fourth-order valence-corrected chi connectivity index (χ4v) is 7.56. The van der Waals surface area contributed by atoms with Crippen LogP contribution in [0.15, 0.2) is 189 Å². The van der Waals surface area contributed by atoms with E-state index in [1.807, 2.05) is 24.3 Å². The van der Waals surface area contributed by atoms with Crippen LogP contribution in [0.5, 0.6) is 0 Å². The van der Waals surface area contributed by atoms with Gasteiger partial charge in [-0.2, -0.15) is 0 Å². The van der Waals surface area contributed by atoms with Gasteiger partial charge in [0.15, 0.2) is 0 Å². The van der Waals surface area contributed by atoms with Crippen LogP contribution in [0.1, 0.15) is 6.92 Å². The van der Waals surface area contributed by atoms with Crippen LogP contribution in [0.3, 0.4) is 0 Å². The first-order valence-corrected chi connectivity index (χ1v) is 17.4. The maximum atomic E-state index is 5.14. The maximum Gasteiger partial charge on any atom is 0.0715 e. The van der Waals surface area contributed by atoms with Crippen molar-refractivity contribution in [2.75, 3.05) is 0 Å². The topological polar surface area (TPSA) is 22.8 Å². The zero-order chi connectivity index (χ0) is 34.3. The number of benzene rings is 6. The molecule has 0 aliphatic carbocycles. The molecule has 0 saturated heterocycles. The van der Waals surface area contributed by atoms with Gasteiger partial charge in [-0.25, -0.2) is 4.98 Å². The number of pyridine rings is 1. The van der Waals surface area contributed by atoms with Crippen LogP contribution < -0.4 is 0 Å². The number of allylic oxidation sites excluding steroid dienone is 5. The van der Waals surface area contributed by atoms with Gasteiger partial charge in [0.1, 0.15) is 0 Å². The third kappa shape index (κ3) is 5.10. The summed E-state index contributed by atoms with van der Waals surface area (Å²) in [5.41, 5.74) is 13.3. The second-order valence-electron chi connectivity index (χ2n) is 12.8. The Morgan fingerprint density at radius 3 is 1.86 bits per heavy atom. The second-order valence-corrected chi connectivity index (χ2v) is 12.8. The molecule has 6 aromatic carbocycles. The second kappa shape index (κ2) is 12.6. The number of hydrogen-bond donors (Lipinski definition) is 0. The van der Waals surface area contributed by atoms with Crippen molar-refractivity contribution < 1.29 is 0 Å². The van der Waals surface area contributed by atoms with Gasteiger partial charge in [0.25, 0.3) is 0 Å². The fourth-order valence-electron chi connectivity index (χ4n) is 7.56. The average Bonchev–Trinajstić information content (AvgIpc) is 3.72. The monoisotopic (exact) mass is 653 g/mol. The lowest BCUT2D eigenvalue weighted by molar-refractivity contribution is 1.18. The molecular formula is C48H35N3. The van der Waals surface area contributed by atoms with Crippen LogP contribution in [0.2, 0.25) is 0 Å². The van der Waals surface area contributed by atoms with Crippen LogP contribution >= 0.6 is 0 Å². The van der Waals surface area contributed by atoms with E-state index in [-0.39, 0.29) is 0 Å². The number of fused-ring (bicyclic) bond motifs is 7. The minimum atomic E-state index is 0.953. The summed E-state index contributed by atoms with van der Waals surface area (Å²) in [5, 5.41) is 4.92. The van der Waals surface area contributed by atoms with E-state index >= 15 is 0 Å². The Bertz CT molecular complexity index is 2750. The molecule has 3 heterocycles. The molecule has 3 heteroatoms. The van der Waals surface area contributed by atoms with Gasteiger partial charge in [0, 0.05) is 44.1 Å². The van der Waals surface area contributed by atoms with Gasteiger partial charge in [0.05, 0.1) is 33.5 Å². The van der Waals surface area contributed by atoms with Crippen molar-refractivity contribution >= 4 is 49.3 Å². The zero-order valence-electron chi connectivity index (χ0n) is 28.4. The standard InChI is InChI=1S/C48H35N3/c1-3-5-22-37(4-2)50-45-27-15-13-25-41(45)47-46(50)29-28-40-39-24-12-14-26-44(39)51(48(40)47)38-23-16-21-35(30-38)36-31-42(33-17-8-6-9-18-33)49-43(32-36)34-19-10-7-11-20-34/h3-32H,1H2,2H3/b22-5-,37-4+. The maximum absolute atomic E-state index is 5.14. The largest absolute Gasteiger partial charge is 0.309 e. The lowest BCUT2D eigenvalue weighted by Crippen LogP contribution is -1.96. The van der Waals surface area contributed by atoms with Gasteiger partial charge in [-0.15, -0.1) is 0 Å². The minimum absolute atomic E-state index is 0.953. The normalized spacial score (nSPS) is 12.1. The Morgan fingerprint density at radius 2 is 1.18 bits per heavy atom. The van der Waals surface area contributed by atoms with Gasteiger partial charge >= 0.3 is 0 Å². The molecule has 0 aliphatic heterocycles. The minimum Gasteiger partial charge on any atom is -0.309 e. The smallest absolute Gasteiger partial charge is 0.0715 e. The van der Waals surface area contributed by atoms with E-state index in [2.05, 4.69) is 180 Å². The summed E-state index contributed by atoms with van der Waals surface area (Å²) in [4.78, 5) is 5.14. The van der Waals surface area contributed by atoms with Gasteiger partial charge in [-0.05, 0) is 66.6 Å². The lowest BCUT2D eigenvalue weighted by atomic mass is 9.99. The molecule has 9 aromatic rings. The molecule has 0 radical (unpaired) electrons. The van der Waals surface area contributed by atoms with Crippen LogP contribution in [-0.4, -0.2) is 14.1 Å². The summed E-state index contributed by atoms with van der Waals surface area (Å²) in [5.74, 6) is 0. The summed E-state index contributed by atoms with van der Waals surface area (Å²) in [6.45, 7) is 6.02. The number of rotatable bonds is 7. The average molecular weight is 654 g/mol. The van der Waals surface area contributed by atoms with Crippen LogP contribution in [0.25, 0.3) is 88.6 Å². The van der Waals surface area contributed by atoms with Crippen LogP contribution in [-0.2, 0) is 0 Å². The highest BCUT2D eigenvalue weighted by molar-refractivity contribution is 6.26. The summed E-state index contributed by atoms with van der Waals surface area (Å²) in [6.07, 6.45) is 8.12. The molecule has 0 saturated carbocycles. The summed E-state index contributed by atoms with van der Waals surface area (Å²) in [6, 6.07) is 56.4. The van der Waals surface area contributed by atoms with Gasteiger partial charge in [0.2, 0.25) is 0 Å². The molecule has 0 fully saturated rings. The number of hydrogen-bond acceptors (Lipinski definition) is 1. The molecule has 0 amide bonds. The number of nitrogens with zero attached hydrogens (tertiary/aromatic N) is 3. The van der Waals surface area contributed by atoms with E-state index in [9.17, 15) is 0 Å². The van der Waals surface area contributed by atoms with E-state index < -0.39 is 0 Å². The molecule has 0 atom stereocenters. The molecule has 0 aliphatic rings.